The molecular weight excluding hydrogens is 476 g/mol. The third kappa shape index (κ3) is 5.78. The van der Waals surface area contributed by atoms with E-state index in [9.17, 15) is 19.2 Å². The van der Waals surface area contributed by atoms with Crippen LogP contribution in [0.15, 0.2) is 45.3 Å². The van der Waals surface area contributed by atoms with Gasteiger partial charge in [0.15, 0.2) is 0 Å². The summed E-state index contributed by atoms with van der Waals surface area (Å²) in [7, 11) is 0. The molecule has 9 heteroatoms. The standard InChI is InChI=1S/C27H34N4O4S/c1-3-21-7-4-5-14-29(21)24(33)18-31-22-13-16-36-25(22)26(34)30(27(31)35)15-6-8-23(32)28-17-20-11-9-19(2)10-12-20/h9-13,16,21H,3-8,14-15,17-18H2,1-2H3,(H,28,32)/t21-/m0/s1. The Hall–Kier alpha value is -3.20. The molecule has 4 rings (SSSR count). The van der Waals surface area contributed by atoms with E-state index in [0.29, 0.717) is 29.7 Å². The van der Waals surface area contributed by atoms with E-state index in [0.717, 1.165) is 36.8 Å². The summed E-state index contributed by atoms with van der Waals surface area (Å²) in [6, 6.07) is 9.87. The van der Waals surface area contributed by atoms with Crippen LogP contribution in [0, 0.1) is 6.92 Å². The van der Waals surface area contributed by atoms with Crippen LogP contribution in [0.5, 0.6) is 0 Å². The normalized spacial score (nSPS) is 15.8. The van der Waals surface area contributed by atoms with Gasteiger partial charge in [-0.3, -0.25) is 23.5 Å². The van der Waals surface area contributed by atoms with E-state index in [-0.39, 0.29) is 42.9 Å². The van der Waals surface area contributed by atoms with Gasteiger partial charge in [-0.25, -0.2) is 4.79 Å². The smallest absolute Gasteiger partial charge is 0.332 e. The molecule has 192 valence electrons. The number of likely N-dealkylation sites (tertiary alicyclic amines) is 1. The minimum Gasteiger partial charge on any atom is -0.352 e. The summed E-state index contributed by atoms with van der Waals surface area (Å²) < 4.78 is 3.05. The highest BCUT2D eigenvalue weighted by Gasteiger charge is 2.26. The molecule has 3 aromatic rings. The van der Waals surface area contributed by atoms with E-state index in [2.05, 4.69) is 12.2 Å². The maximum absolute atomic E-state index is 13.3. The minimum atomic E-state index is -0.496. The van der Waals surface area contributed by atoms with Gasteiger partial charge in [0.05, 0.1) is 5.52 Å². The number of carbonyl (C=O) groups excluding carboxylic acids is 2. The van der Waals surface area contributed by atoms with E-state index in [4.69, 9.17) is 0 Å². The molecule has 0 unspecified atom stereocenters. The molecule has 1 aliphatic rings. The molecule has 36 heavy (non-hydrogen) atoms. The molecular formula is C27H34N4O4S. The van der Waals surface area contributed by atoms with Crippen molar-refractivity contribution in [3.05, 3.63) is 67.7 Å². The lowest BCUT2D eigenvalue weighted by Gasteiger charge is -2.35. The van der Waals surface area contributed by atoms with Gasteiger partial charge < -0.3 is 10.2 Å². The fourth-order valence-electron chi connectivity index (χ4n) is 4.86. The van der Waals surface area contributed by atoms with Crippen LogP contribution in [0.4, 0.5) is 0 Å². The maximum atomic E-state index is 13.3. The van der Waals surface area contributed by atoms with Crippen molar-refractivity contribution in [1.29, 1.82) is 0 Å². The molecule has 3 heterocycles. The second-order valence-electron chi connectivity index (χ2n) is 9.47. The molecule has 1 atom stereocenters. The lowest BCUT2D eigenvalue weighted by Crippen LogP contribution is -2.47. The predicted octanol–water partition coefficient (Wildman–Crippen LogP) is 3.42. The van der Waals surface area contributed by atoms with Gasteiger partial charge in [0.1, 0.15) is 11.2 Å². The van der Waals surface area contributed by atoms with Crippen LogP contribution in [-0.4, -0.2) is 38.4 Å². The van der Waals surface area contributed by atoms with Crippen LogP contribution >= 0.6 is 11.3 Å². The lowest BCUT2D eigenvalue weighted by molar-refractivity contribution is -0.135. The van der Waals surface area contributed by atoms with E-state index >= 15 is 0 Å². The van der Waals surface area contributed by atoms with Crippen molar-refractivity contribution < 1.29 is 9.59 Å². The van der Waals surface area contributed by atoms with Crippen molar-refractivity contribution in [2.45, 2.75) is 78.0 Å². The molecule has 0 spiro atoms. The summed E-state index contributed by atoms with van der Waals surface area (Å²) in [4.78, 5) is 53.8. The monoisotopic (exact) mass is 510 g/mol. The van der Waals surface area contributed by atoms with Crippen molar-refractivity contribution >= 4 is 33.4 Å². The van der Waals surface area contributed by atoms with E-state index in [1.54, 1.807) is 11.4 Å². The second-order valence-corrected chi connectivity index (χ2v) is 10.4. The summed E-state index contributed by atoms with van der Waals surface area (Å²) >= 11 is 1.27. The van der Waals surface area contributed by atoms with Gasteiger partial charge in [-0.05, 0) is 56.0 Å². The minimum absolute atomic E-state index is 0.0834. The third-order valence-corrected chi connectivity index (χ3v) is 7.84. The average Bonchev–Trinajstić information content (AvgIpc) is 3.38. The zero-order chi connectivity index (χ0) is 25.7. The lowest BCUT2D eigenvalue weighted by atomic mass is 10.00. The molecule has 0 radical (unpaired) electrons. The van der Waals surface area contributed by atoms with Crippen molar-refractivity contribution in [3.8, 4) is 0 Å². The van der Waals surface area contributed by atoms with Gasteiger partial charge in [-0.2, -0.15) is 0 Å². The van der Waals surface area contributed by atoms with Gasteiger partial charge >= 0.3 is 5.69 Å². The number of hydrogen-bond donors (Lipinski definition) is 1. The summed E-state index contributed by atoms with van der Waals surface area (Å²) in [6.45, 7) is 5.27. The van der Waals surface area contributed by atoms with Crippen LogP contribution in [-0.2, 0) is 29.2 Å². The zero-order valence-electron chi connectivity index (χ0n) is 21.0. The Balaban J connectivity index is 1.45. The van der Waals surface area contributed by atoms with E-state index < -0.39 is 5.69 Å². The van der Waals surface area contributed by atoms with E-state index in [1.165, 1.54) is 20.5 Å². The molecule has 2 amide bonds. The van der Waals surface area contributed by atoms with Crippen molar-refractivity contribution in [1.82, 2.24) is 19.4 Å². The van der Waals surface area contributed by atoms with Gasteiger partial charge in [0, 0.05) is 32.1 Å². The molecule has 8 nitrogen and oxygen atoms in total. The van der Waals surface area contributed by atoms with Crippen LogP contribution in [0.25, 0.3) is 10.2 Å². The number of nitrogens with zero attached hydrogens (tertiary/aromatic N) is 3. The van der Waals surface area contributed by atoms with Crippen molar-refractivity contribution in [2.24, 2.45) is 0 Å². The Labute approximate surface area is 214 Å². The molecule has 0 saturated carbocycles. The molecule has 0 bridgehead atoms. The fraction of sp³-hybridized carbons (Fsp3) is 0.481. The number of carbonyl (C=O) groups is 2. The Morgan fingerprint density at radius 2 is 1.86 bits per heavy atom. The van der Waals surface area contributed by atoms with Crippen LogP contribution < -0.4 is 16.6 Å². The number of thiophene rings is 1. The number of nitrogens with one attached hydrogen (secondary N) is 1. The number of amides is 2. The highest BCUT2D eigenvalue weighted by Crippen LogP contribution is 2.21. The predicted molar refractivity (Wildman–Crippen MR) is 142 cm³/mol. The Morgan fingerprint density at radius 1 is 1.08 bits per heavy atom. The Kier molecular flexibility index (Phi) is 8.40. The van der Waals surface area contributed by atoms with Gasteiger partial charge in [0.25, 0.3) is 5.56 Å². The first-order valence-electron chi connectivity index (χ1n) is 12.7. The largest absolute Gasteiger partial charge is 0.352 e. The molecule has 0 aliphatic carbocycles. The molecule has 1 N–H and O–H groups in total. The summed E-state index contributed by atoms with van der Waals surface area (Å²) in [5.74, 6) is -0.219. The van der Waals surface area contributed by atoms with Crippen molar-refractivity contribution in [2.75, 3.05) is 6.54 Å². The molecule has 1 saturated heterocycles. The van der Waals surface area contributed by atoms with Gasteiger partial charge in [-0.15, -0.1) is 11.3 Å². The number of hydrogen-bond acceptors (Lipinski definition) is 5. The molecule has 2 aromatic heterocycles. The highest BCUT2D eigenvalue weighted by molar-refractivity contribution is 7.17. The van der Waals surface area contributed by atoms with Gasteiger partial charge in [0.2, 0.25) is 11.8 Å². The first kappa shape index (κ1) is 25.9. The molecule has 1 aliphatic heterocycles. The fourth-order valence-corrected chi connectivity index (χ4v) is 5.70. The quantitative estimate of drug-likeness (QED) is 0.477. The van der Waals surface area contributed by atoms with Crippen LogP contribution in [0.2, 0.25) is 0 Å². The number of fused-ring (bicyclic) bond motifs is 1. The SMILES string of the molecule is CC[C@H]1CCCCN1C(=O)Cn1c(=O)n(CCCC(=O)NCc2ccc(C)cc2)c(=O)c2sccc21. The molecule has 1 fully saturated rings. The second kappa shape index (κ2) is 11.7. The number of aryl methyl sites for hydroxylation is 1. The third-order valence-electron chi connectivity index (χ3n) is 6.94. The van der Waals surface area contributed by atoms with Crippen LogP contribution in [0.3, 0.4) is 0 Å². The summed E-state index contributed by atoms with van der Waals surface area (Å²) in [5.41, 5.74) is 1.81. The number of rotatable bonds is 9. The summed E-state index contributed by atoms with van der Waals surface area (Å²) in [6.07, 6.45) is 4.50. The topological polar surface area (TPSA) is 93.4 Å². The van der Waals surface area contributed by atoms with Crippen molar-refractivity contribution in [3.63, 3.8) is 0 Å². The average molecular weight is 511 g/mol. The Morgan fingerprint density at radius 3 is 2.61 bits per heavy atom. The van der Waals surface area contributed by atoms with E-state index in [1.807, 2.05) is 36.1 Å². The number of benzene rings is 1. The Bertz CT molecular complexity index is 1340. The first-order valence-corrected chi connectivity index (χ1v) is 13.6. The number of piperidine rings is 1. The zero-order valence-corrected chi connectivity index (χ0v) is 21.8. The molecule has 1 aromatic carbocycles. The van der Waals surface area contributed by atoms with Gasteiger partial charge in [-0.1, -0.05) is 36.8 Å². The first-order chi connectivity index (χ1) is 17.4. The summed E-state index contributed by atoms with van der Waals surface area (Å²) in [5, 5.41) is 4.65. The number of aromatic nitrogens is 2. The maximum Gasteiger partial charge on any atom is 0.332 e. The van der Waals surface area contributed by atoms with Crippen LogP contribution in [0.1, 0.15) is 56.6 Å². The highest BCUT2D eigenvalue weighted by atomic mass is 32.1.